The van der Waals surface area contributed by atoms with Crippen LogP contribution < -0.4 is 9.30 Å². The highest BCUT2D eigenvalue weighted by Gasteiger charge is 2.21. The zero-order valence-corrected chi connectivity index (χ0v) is 32.1. The molecule has 0 atom stereocenters. The van der Waals surface area contributed by atoms with Gasteiger partial charge in [0.25, 0.3) is 6.33 Å². The van der Waals surface area contributed by atoms with Crippen LogP contribution in [0.5, 0.6) is 11.5 Å². The highest BCUT2D eigenvalue weighted by molar-refractivity contribution is 6.09. The SMILES string of the molecule is [2H]c1c([2H])c([2H])c(-c2cccc(-c3c([2H])c([2H])c([2H])c([2H])c3[2H])c2-[n+]2[c-]n(-c3cccc(Oc4ccc5c6cnc(C)cc6n(-c6cc(C(C)(C)C)ccn6)c5c4)c3)c3ccccc32)c([2H])c1[2H]. The highest BCUT2D eigenvalue weighted by Crippen LogP contribution is 2.37. The lowest BCUT2D eigenvalue weighted by molar-refractivity contribution is -0.571. The van der Waals surface area contributed by atoms with Crippen LogP contribution in [0.4, 0.5) is 0 Å². The van der Waals surface area contributed by atoms with Crippen molar-refractivity contribution in [2.75, 3.05) is 0 Å². The maximum atomic E-state index is 9.00. The summed E-state index contributed by atoms with van der Waals surface area (Å²) >= 11 is 0. The molecule has 6 heteroatoms. The van der Waals surface area contributed by atoms with Crippen molar-refractivity contribution in [2.24, 2.45) is 0 Å². The molecule has 0 aliphatic carbocycles. The van der Waals surface area contributed by atoms with E-state index in [2.05, 4.69) is 48.8 Å². The minimum atomic E-state index is -0.567. The van der Waals surface area contributed by atoms with Gasteiger partial charge in [-0.05, 0) is 88.7 Å². The monoisotopic (exact) mass is 761 g/mol. The molecule has 58 heavy (non-hydrogen) atoms. The van der Waals surface area contributed by atoms with Crippen molar-refractivity contribution in [3.05, 3.63) is 194 Å². The van der Waals surface area contributed by atoms with Crippen LogP contribution in [0.25, 0.3) is 72.3 Å². The summed E-state index contributed by atoms with van der Waals surface area (Å²) in [6, 6.07) is 26.5. The van der Waals surface area contributed by atoms with Crippen LogP contribution in [0.1, 0.15) is 45.7 Å². The first-order valence-corrected chi connectivity index (χ1v) is 18.8. The number of rotatable bonds is 7. The van der Waals surface area contributed by atoms with Gasteiger partial charge in [0.1, 0.15) is 17.3 Å². The fraction of sp³-hybridized carbons (Fsp3) is 0.0962. The second-order valence-corrected chi connectivity index (χ2v) is 15.1. The number of ether oxygens (including phenoxy) is 1. The zero-order chi connectivity index (χ0) is 48.1. The molecule has 0 fully saturated rings. The summed E-state index contributed by atoms with van der Waals surface area (Å²) in [5, 5.41) is 1.97. The Hall–Kier alpha value is -7.31. The third-order valence-corrected chi connectivity index (χ3v) is 10.3. The number of imidazole rings is 1. The average molecular weight is 762 g/mol. The van der Waals surface area contributed by atoms with E-state index >= 15 is 0 Å². The number of nitrogens with zero attached hydrogens (tertiary/aromatic N) is 5. The number of hydrogen-bond acceptors (Lipinski definition) is 3. The maximum Gasteiger partial charge on any atom is 0.269 e. The van der Waals surface area contributed by atoms with Crippen LogP contribution in [0.3, 0.4) is 0 Å². The summed E-state index contributed by atoms with van der Waals surface area (Å²) in [4.78, 5) is 9.44. The van der Waals surface area contributed by atoms with Gasteiger partial charge in [-0.2, -0.15) is 0 Å². The molecule has 0 aliphatic heterocycles. The van der Waals surface area contributed by atoms with Crippen molar-refractivity contribution in [2.45, 2.75) is 33.1 Å². The topological polar surface area (TPSA) is 48.8 Å². The van der Waals surface area contributed by atoms with Crippen molar-refractivity contribution >= 4 is 32.8 Å². The summed E-state index contributed by atoms with van der Waals surface area (Å²) in [7, 11) is 0. The molecule has 0 aliphatic rings. The predicted octanol–water partition coefficient (Wildman–Crippen LogP) is 12.3. The maximum absolute atomic E-state index is 9.00. The first-order valence-electron chi connectivity index (χ1n) is 23.8. The minimum Gasteiger partial charge on any atom is -0.458 e. The van der Waals surface area contributed by atoms with Crippen LogP contribution in [0, 0.1) is 13.3 Å². The van der Waals surface area contributed by atoms with E-state index < -0.39 is 60.4 Å². The summed E-state index contributed by atoms with van der Waals surface area (Å²) < 4.78 is 99.0. The quantitative estimate of drug-likeness (QED) is 0.120. The predicted molar refractivity (Wildman–Crippen MR) is 234 cm³/mol. The van der Waals surface area contributed by atoms with Gasteiger partial charge in [-0.15, -0.1) is 0 Å². The van der Waals surface area contributed by atoms with Crippen molar-refractivity contribution < 1.29 is 23.0 Å². The number of fused-ring (bicyclic) bond motifs is 4. The molecular formula is C52H41N5O. The largest absolute Gasteiger partial charge is 0.458 e. The number of para-hydroxylation sites is 3. The smallest absolute Gasteiger partial charge is 0.269 e. The van der Waals surface area contributed by atoms with E-state index in [1.165, 1.54) is 0 Å². The van der Waals surface area contributed by atoms with E-state index in [0.29, 0.717) is 28.2 Å². The van der Waals surface area contributed by atoms with Gasteiger partial charge < -0.3 is 4.74 Å². The Morgan fingerprint density at radius 1 is 0.655 bits per heavy atom. The first kappa shape index (κ1) is 25.8. The number of pyridine rings is 2. The fourth-order valence-corrected chi connectivity index (χ4v) is 7.51. The van der Waals surface area contributed by atoms with Crippen molar-refractivity contribution in [1.82, 2.24) is 19.1 Å². The van der Waals surface area contributed by atoms with E-state index in [9.17, 15) is 0 Å². The molecule has 0 N–H and O–H groups in total. The van der Waals surface area contributed by atoms with Crippen LogP contribution in [0.2, 0.25) is 0 Å². The number of hydrogen-bond donors (Lipinski definition) is 0. The Bertz CT molecular complexity index is 3600. The molecule has 0 saturated carbocycles. The van der Waals surface area contributed by atoms with Gasteiger partial charge in [0.15, 0.2) is 0 Å². The molecule has 0 radical (unpaired) electrons. The highest BCUT2D eigenvalue weighted by atomic mass is 16.5. The number of benzene rings is 6. The second-order valence-electron chi connectivity index (χ2n) is 15.1. The molecule has 4 aromatic heterocycles. The Morgan fingerprint density at radius 2 is 1.34 bits per heavy atom. The van der Waals surface area contributed by atoms with Crippen molar-refractivity contribution in [3.8, 4) is 50.9 Å². The van der Waals surface area contributed by atoms with Crippen LogP contribution in [-0.4, -0.2) is 19.1 Å². The van der Waals surface area contributed by atoms with Gasteiger partial charge in [-0.1, -0.05) is 130 Å². The van der Waals surface area contributed by atoms with Gasteiger partial charge in [-0.25, -0.2) is 4.98 Å². The van der Waals surface area contributed by atoms with E-state index in [4.69, 9.17) is 23.4 Å². The minimum absolute atomic E-state index is 0.102. The Labute approximate surface area is 352 Å². The summed E-state index contributed by atoms with van der Waals surface area (Å²) in [6.45, 7) is 8.48. The van der Waals surface area contributed by atoms with E-state index in [1.54, 1.807) is 27.3 Å². The van der Waals surface area contributed by atoms with E-state index in [-0.39, 0.29) is 33.4 Å². The van der Waals surface area contributed by atoms with Crippen molar-refractivity contribution in [3.63, 3.8) is 0 Å². The molecule has 0 amide bonds. The lowest BCUT2D eigenvalue weighted by atomic mass is 9.88. The first-order chi connectivity index (χ1) is 32.4. The van der Waals surface area contributed by atoms with E-state index in [0.717, 1.165) is 38.9 Å². The van der Waals surface area contributed by atoms with Crippen LogP contribution in [0.15, 0.2) is 176 Å². The molecular weight excluding hydrogens is 711 g/mol. The number of aryl methyl sites for hydroxylation is 1. The average Bonchev–Trinajstić information content (AvgIpc) is 3.87. The molecule has 0 spiro atoms. The van der Waals surface area contributed by atoms with Gasteiger partial charge in [0.05, 0.1) is 47.1 Å². The van der Waals surface area contributed by atoms with Gasteiger partial charge in [0.2, 0.25) is 0 Å². The summed E-state index contributed by atoms with van der Waals surface area (Å²) in [5.74, 6) is 1.85. The molecule has 6 aromatic carbocycles. The number of aromatic nitrogens is 5. The van der Waals surface area contributed by atoms with E-state index in [1.807, 2.05) is 92.1 Å². The molecule has 0 saturated heterocycles. The Morgan fingerprint density at radius 3 is 2.09 bits per heavy atom. The lowest BCUT2D eigenvalue weighted by Crippen LogP contribution is -2.31. The van der Waals surface area contributed by atoms with Crippen molar-refractivity contribution in [1.29, 1.82) is 0 Å². The molecule has 0 bridgehead atoms. The second kappa shape index (κ2) is 14.0. The van der Waals surface area contributed by atoms with Crippen LogP contribution in [-0.2, 0) is 5.41 Å². The van der Waals surface area contributed by atoms with Gasteiger partial charge >= 0.3 is 0 Å². The normalized spacial score (nSPS) is 14.2. The van der Waals surface area contributed by atoms with Crippen LogP contribution >= 0.6 is 0 Å². The van der Waals surface area contributed by atoms with Gasteiger partial charge in [-0.3, -0.25) is 18.7 Å². The standard InChI is InChI=1S/C52H41N5O/c1-35-29-48-45(33-54-35)44-26-25-41(32-49(44)57(48)50-30-38(27-28-53-50)52(2,3)4)58-40-20-13-19-39(31-40)55-34-56(47-24-12-11-23-46(47)55)51-42(36-15-7-5-8-16-36)21-14-22-43(51)37-17-9-6-10-18-37/h5-33H,1-4H3/i5D,6D,7D,8D,9D,10D,15D,16D,17D,18D. The third kappa shape index (κ3) is 6.20. The zero-order valence-electron chi connectivity index (χ0n) is 42.1. The fourth-order valence-electron chi connectivity index (χ4n) is 7.51. The third-order valence-electron chi connectivity index (χ3n) is 10.3. The summed E-state index contributed by atoms with van der Waals surface area (Å²) in [6.07, 6.45) is 7.16. The molecule has 4 heterocycles. The Kier molecular flexibility index (Phi) is 6.23. The van der Waals surface area contributed by atoms with Gasteiger partial charge in [0, 0.05) is 34.9 Å². The molecule has 6 nitrogen and oxygen atoms in total. The lowest BCUT2D eigenvalue weighted by Gasteiger charge is -2.20. The Balaban J connectivity index is 1.15. The molecule has 280 valence electrons. The molecule has 10 rings (SSSR count). The molecule has 10 aromatic rings. The summed E-state index contributed by atoms with van der Waals surface area (Å²) in [5.41, 5.74) is 5.84. The molecule has 0 unspecified atom stereocenters.